The fourth-order valence-electron chi connectivity index (χ4n) is 3.09. The Morgan fingerprint density at radius 2 is 2.12 bits per heavy atom. The van der Waals surface area contributed by atoms with Crippen LogP contribution < -0.4 is 14.8 Å². The largest absolute Gasteiger partial charge is 0.493 e. The van der Waals surface area contributed by atoms with Gasteiger partial charge in [-0.15, -0.1) is 0 Å². The quantitative estimate of drug-likeness (QED) is 0.771. The second-order valence-corrected chi connectivity index (χ2v) is 6.85. The number of piperidine rings is 1. The Balaban J connectivity index is 1.97. The zero-order chi connectivity index (χ0) is 18.2. The Kier molecular flexibility index (Phi) is 7.31. The lowest BCUT2D eigenvalue weighted by molar-refractivity contribution is -0.120. The minimum Gasteiger partial charge on any atom is -0.493 e. The molecule has 1 aliphatic heterocycles. The molecule has 0 radical (unpaired) electrons. The Hall–Kier alpha value is -2.01. The van der Waals surface area contributed by atoms with E-state index >= 15 is 0 Å². The number of hydrogen-bond donors (Lipinski definition) is 1. The number of likely N-dealkylation sites (tertiary alicyclic amines) is 1. The fourth-order valence-corrected chi connectivity index (χ4v) is 3.09. The molecular formula is C20H30N2O3. The third-order valence-electron chi connectivity index (χ3n) is 4.28. The summed E-state index contributed by atoms with van der Waals surface area (Å²) >= 11 is 0. The second kappa shape index (κ2) is 9.47. The van der Waals surface area contributed by atoms with Gasteiger partial charge in [-0.1, -0.05) is 11.6 Å². The van der Waals surface area contributed by atoms with E-state index in [1.807, 2.05) is 18.2 Å². The van der Waals surface area contributed by atoms with Gasteiger partial charge >= 0.3 is 0 Å². The predicted molar refractivity (Wildman–Crippen MR) is 100 cm³/mol. The van der Waals surface area contributed by atoms with Crippen molar-refractivity contribution in [2.24, 2.45) is 0 Å². The summed E-state index contributed by atoms with van der Waals surface area (Å²) in [6.07, 6.45) is 4.20. The van der Waals surface area contributed by atoms with Crippen molar-refractivity contribution in [3.63, 3.8) is 0 Å². The van der Waals surface area contributed by atoms with Gasteiger partial charge in [0.15, 0.2) is 11.5 Å². The molecule has 0 spiro atoms. The first-order chi connectivity index (χ1) is 12.0. The van der Waals surface area contributed by atoms with E-state index in [0.717, 1.165) is 44.0 Å². The van der Waals surface area contributed by atoms with Crippen molar-refractivity contribution in [1.29, 1.82) is 0 Å². The Bertz CT molecular complexity index is 609. The molecule has 25 heavy (non-hydrogen) atoms. The van der Waals surface area contributed by atoms with Crippen molar-refractivity contribution in [3.8, 4) is 11.5 Å². The number of amides is 1. The number of carbonyl (C=O) groups is 1. The third-order valence-corrected chi connectivity index (χ3v) is 4.28. The average molecular weight is 346 g/mol. The van der Waals surface area contributed by atoms with E-state index in [1.54, 1.807) is 14.0 Å². The summed E-state index contributed by atoms with van der Waals surface area (Å²) in [5, 5.41) is 3.03. The Morgan fingerprint density at radius 3 is 2.80 bits per heavy atom. The van der Waals surface area contributed by atoms with Gasteiger partial charge in [0.1, 0.15) is 6.61 Å². The monoisotopic (exact) mass is 346 g/mol. The van der Waals surface area contributed by atoms with E-state index in [4.69, 9.17) is 9.47 Å². The van der Waals surface area contributed by atoms with Gasteiger partial charge in [0.25, 0.3) is 0 Å². The van der Waals surface area contributed by atoms with Gasteiger partial charge in [-0.25, -0.2) is 0 Å². The molecule has 5 nitrogen and oxygen atoms in total. The van der Waals surface area contributed by atoms with Gasteiger partial charge in [0.05, 0.1) is 7.11 Å². The van der Waals surface area contributed by atoms with E-state index in [1.165, 1.54) is 11.1 Å². The molecular weight excluding hydrogens is 316 g/mol. The summed E-state index contributed by atoms with van der Waals surface area (Å²) in [5.41, 5.74) is 2.42. The molecule has 1 aliphatic rings. The number of hydrogen-bond acceptors (Lipinski definition) is 4. The van der Waals surface area contributed by atoms with Gasteiger partial charge in [-0.3, -0.25) is 9.69 Å². The fraction of sp³-hybridized carbons (Fsp3) is 0.550. The Morgan fingerprint density at radius 1 is 1.32 bits per heavy atom. The number of nitrogens with one attached hydrogen (secondary N) is 1. The first kappa shape index (κ1) is 19.3. The highest BCUT2D eigenvalue weighted by molar-refractivity contribution is 5.73. The van der Waals surface area contributed by atoms with Gasteiger partial charge in [0.2, 0.25) is 5.91 Å². The van der Waals surface area contributed by atoms with E-state index < -0.39 is 0 Å². The molecule has 1 aromatic carbocycles. The van der Waals surface area contributed by atoms with Crippen LogP contribution in [0, 0.1) is 0 Å². The Labute approximate surface area is 151 Å². The maximum absolute atomic E-state index is 11.3. The normalized spacial score (nSPS) is 17.7. The maximum atomic E-state index is 11.3. The van der Waals surface area contributed by atoms with E-state index in [2.05, 4.69) is 30.1 Å². The molecule has 2 rings (SSSR count). The van der Waals surface area contributed by atoms with E-state index in [-0.39, 0.29) is 11.9 Å². The van der Waals surface area contributed by atoms with Crippen LogP contribution in [0.3, 0.4) is 0 Å². The maximum Gasteiger partial charge on any atom is 0.217 e. The lowest BCUT2D eigenvalue weighted by Gasteiger charge is -2.33. The first-order valence-corrected chi connectivity index (χ1v) is 8.90. The van der Waals surface area contributed by atoms with Crippen molar-refractivity contribution in [3.05, 3.63) is 35.4 Å². The van der Waals surface area contributed by atoms with Crippen LogP contribution >= 0.6 is 0 Å². The van der Waals surface area contributed by atoms with Crippen molar-refractivity contribution < 1.29 is 14.3 Å². The molecule has 0 aliphatic carbocycles. The zero-order valence-electron chi connectivity index (χ0n) is 15.8. The van der Waals surface area contributed by atoms with Crippen LogP contribution in [0.15, 0.2) is 29.8 Å². The van der Waals surface area contributed by atoms with Crippen LogP contribution in [0.2, 0.25) is 0 Å². The van der Waals surface area contributed by atoms with Crippen LogP contribution in [0.1, 0.15) is 39.2 Å². The standard InChI is InChI=1S/C20H30N2O3/c1-15(2)9-11-25-19-8-7-17(12-20(19)24-4)13-22-10-5-6-18(14-22)21-16(3)23/h7-9,12,18H,5-6,10-11,13-14H2,1-4H3,(H,21,23)/t18-/m0/s1. The SMILES string of the molecule is COc1cc(CN2CCC[C@H](NC(C)=O)C2)ccc1OCC=C(C)C. The molecule has 0 unspecified atom stereocenters. The smallest absolute Gasteiger partial charge is 0.217 e. The molecule has 138 valence electrons. The predicted octanol–water partition coefficient (Wildman–Crippen LogP) is 3.14. The highest BCUT2D eigenvalue weighted by atomic mass is 16.5. The van der Waals surface area contributed by atoms with Crippen LogP contribution in [0.25, 0.3) is 0 Å². The molecule has 0 bridgehead atoms. The number of nitrogens with zero attached hydrogens (tertiary/aromatic N) is 1. The number of rotatable bonds is 7. The van der Waals surface area contributed by atoms with Crippen LogP contribution in [-0.4, -0.2) is 43.7 Å². The first-order valence-electron chi connectivity index (χ1n) is 8.90. The van der Waals surface area contributed by atoms with Crippen molar-refractivity contribution in [2.45, 2.75) is 46.2 Å². The summed E-state index contributed by atoms with van der Waals surface area (Å²) in [7, 11) is 1.67. The number of methoxy groups -OCH3 is 1. The van der Waals surface area contributed by atoms with E-state index in [0.29, 0.717) is 6.61 Å². The van der Waals surface area contributed by atoms with Gasteiger partial charge in [0, 0.05) is 26.1 Å². The van der Waals surface area contributed by atoms with Crippen LogP contribution in [0.4, 0.5) is 0 Å². The summed E-state index contributed by atoms with van der Waals surface area (Å²) in [6, 6.07) is 6.35. The lowest BCUT2D eigenvalue weighted by Crippen LogP contribution is -2.46. The third kappa shape index (κ3) is 6.42. The van der Waals surface area contributed by atoms with Crippen LogP contribution in [0.5, 0.6) is 11.5 Å². The minimum absolute atomic E-state index is 0.0476. The molecule has 1 aromatic rings. The highest BCUT2D eigenvalue weighted by Crippen LogP contribution is 2.29. The highest BCUT2D eigenvalue weighted by Gasteiger charge is 2.20. The zero-order valence-corrected chi connectivity index (χ0v) is 15.8. The molecule has 0 aromatic heterocycles. The van der Waals surface area contributed by atoms with Crippen molar-refractivity contribution in [2.75, 3.05) is 26.8 Å². The average Bonchev–Trinajstić information content (AvgIpc) is 2.55. The van der Waals surface area contributed by atoms with Gasteiger partial charge in [-0.05, 0) is 57.0 Å². The second-order valence-electron chi connectivity index (χ2n) is 6.85. The van der Waals surface area contributed by atoms with Crippen molar-refractivity contribution in [1.82, 2.24) is 10.2 Å². The van der Waals surface area contributed by atoms with E-state index in [9.17, 15) is 4.79 Å². The summed E-state index contributed by atoms with van der Waals surface area (Å²) < 4.78 is 11.3. The number of benzene rings is 1. The molecule has 1 N–H and O–H groups in total. The van der Waals surface area contributed by atoms with Crippen molar-refractivity contribution >= 4 is 5.91 Å². The number of ether oxygens (including phenoxy) is 2. The molecule has 1 saturated heterocycles. The lowest BCUT2D eigenvalue weighted by atomic mass is 10.0. The van der Waals surface area contributed by atoms with Gasteiger partial charge in [-0.2, -0.15) is 0 Å². The molecule has 1 atom stereocenters. The minimum atomic E-state index is 0.0476. The number of allylic oxidation sites excluding steroid dienone is 1. The summed E-state index contributed by atoms with van der Waals surface area (Å²) in [6.45, 7) is 9.02. The van der Waals surface area contributed by atoms with Crippen LogP contribution in [-0.2, 0) is 11.3 Å². The van der Waals surface area contributed by atoms with Gasteiger partial charge < -0.3 is 14.8 Å². The molecule has 5 heteroatoms. The molecule has 1 heterocycles. The molecule has 1 fully saturated rings. The molecule has 1 amide bonds. The number of carbonyl (C=O) groups excluding carboxylic acids is 1. The summed E-state index contributed by atoms with van der Waals surface area (Å²) in [4.78, 5) is 13.6. The topological polar surface area (TPSA) is 50.8 Å². The molecule has 0 saturated carbocycles. The summed E-state index contributed by atoms with van der Waals surface area (Å²) in [5.74, 6) is 1.57.